The second-order valence-corrected chi connectivity index (χ2v) is 2.15. The van der Waals surface area contributed by atoms with E-state index in [1.807, 2.05) is 0 Å². The number of hydrogen-bond donors (Lipinski definition) is 2. The van der Waals surface area contributed by atoms with Gasteiger partial charge in [0.25, 0.3) is 0 Å². The van der Waals surface area contributed by atoms with Crippen molar-refractivity contribution in [1.29, 1.82) is 0 Å². The quantitative estimate of drug-likeness (QED) is 0.532. The topological polar surface area (TPSA) is 106 Å². The van der Waals surface area contributed by atoms with Crippen LogP contribution in [0.2, 0.25) is 0 Å². The fourth-order valence-corrected chi connectivity index (χ4v) is 0. The fraction of sp³-hybridized carbons (Fsp3) is 1.00. The molecule has 0 fully saturated rings. The molecule has 0 unspecified atom stereocenters. The smallest absolute Gasteiger partial charge is 0.870 e. The van der Waals surface area contributed by atoms with Crippen LogP contribution in [0.3, 0.4) is 0 Å². The van der Waals surface area contributed by atoms with E-state index in [1.54, 1.807) is 13.8 Å². The first-order valence-corrected chi connectivity index (χ1v) is 1.96. The van der Waals surface area contributed by atoms with Crippen molar-refractivity contribution in [2.24, 2.45) is 5.73 Å². The molecule has 4 nitrogen and oxygen atoms in total. The first-order valence-electron chi connectivity index (χ1n) is 1.96. The summed E-state index contributed by atoms with van der Waals surface area (Å²) in [6.45, 7) is 3.59. The number of rotatable bonds is 1. The minimum Gasteiger partial charge on any atom is -0.870 e. The zero-order chi connectivity index (χ0) is 5.21. The Morgan fingerprint density at radius 3 is 1.44 bits per heavy atom. The van der Waals surface area contributed by atoms with Crippen molar-refractivity contribution in [3.05, 3.63) is 0 Å². The van der Waals surface area contributed by atoms with Gasteiger partial charge < -0.3 is 21.8 Å². The van der Waals surface area contributed by atoms with Crippen molar-refractivity contribution in [2.45, 2.75) is 19.4 Å². The van der Waals surface area contributed by atoms with E-state index in [4.69, 9.17) is 10.8 Å². The van der Waals surface area contributed by atoms with Gasteiger partial charge in [0.1, 0.15) is 0 Å². The molecule has 9 heavy (non-hydrogen) atoms. The molecular formula is C4H13CuNO3. The zero-order valence-corrected chi connectivity index (χ0v) is 6.37. The van der Waals surface area contributed by atoms with E-state index in [-0.39, 0.29) is 34.6 Å². The minimum absolute atomic E-state index is 0. The maximum absolute atomic E-state index is 8.28. The minimum atomic E-state index is -0.403. The van der Waals surface area contributed by atoms with Gasteiger partial charge in [-0.3, -0.25) is 0 Å². The van der Waals surface area contributed by atoms with Crippen LogP contribution in [0.25, 0.3) is 0 Å². The molecule has 0 saturated carbocycles. The van der Waals surface area contributed by atoms with Crippen LogP contribution in [0.1, 0.15) is 13.8 Å². The monoisotopic (exact) mass is 186 g/mol. The average molecular weight is 187 g/mol. The molecule has 1 radical (unpaired) electrons. The van der Waals surface area contributed by atoms with Crippen LogP contribution < -0.4 is 5.73 Å². The zero-order valence-electron chi connectivity index (χ0n) is 5.43. The molecule has 5 heteroatoms. The summed E-state index contributed by atoms with van der Waals surface area (Å²) in [6.07, 6.45) is 0. The molecule has 0 aromatic carbocycles. The predicted octanol–water partition coefficient (Wildman–Crippen LogP) is -0.640. The van der Waals surface area contributed by atoms with Crippen LogP contribution in [-0.2, 0) is 17.1 Å². The first kappa shape index (κ1) is 22.8. The van der Waals surface area contributed by atoms with Crippen molar-refractivity contribution in [1.82, 2.24) is 0 Å². The maximum atomic E-state index is 8.28. The molecule has 0 amide bonds. The number of nitrogens with two attached hydrogens (primary N) is 1. The third-order valence-corrected chi connectivity index (χ3v) is 0.408. The Morgan fingerprint density at radius 2 is 1.44 bits per heavy atom. The van der Waals surface area contributed by atoms with E-state index in [0.717, 1.165) is 0 Å². The summed E-state index contributed by atoms with van der Waals surface area (Å²) < 4.78 is 0. The van der Waals surface area contributed by atoms with Gasteiger partial charge in [-0.25, -0.2) is 0 Å². The second kappa shape index (κ2) is 8.36. The molecule has 0 aliphatic carbocycles. The third kappa shape index (κ3) is 30.0. The summed E-state index contributed by atoms with van der Waals surface area (Å²) in [5, 5.41) is 8.28. The Bertz CT molecular complexity index is 45.6. The standard InChI is InChI=1S/C4H11NO.Cu.2H2O/c1-4(2,5)3-6;;;/h6H,3,5H2,1-2H3;;2*1H2/q;+2;;/p-2. The fourth-order valence-electron chi connectivity index (χ4n) is 0. The van der Waals surface area contributed by atoms with Gasteiger partial charge in [0.2, 0.25) is 0 Å². The Labute approximate surface area is 65.5 Å². The third-order valence-electron chi connectivity index (χ3n) is 0.408. The molecule has 0 spiro atoms. The second-order valence-electron chi connectivity index (χ2n) is 2.15. The largest absolute Gasteiger partial charge is 2.00 e. The van der Waals surface area contributed by atoms with E-state index in [2.05, 4.69) is 0 Å². The van der Waals surface area contributed by atoms with E-state index < -0.39 is 5.54 Å². The summed E-state index contributed by atoms with van der Waals surface area (Å²) in [4.78, 5) is 0. The van der Waals surface area contributed by atoms with Crippen LogP contribution in [0.4, 0.5) is 0 Å². The van der Waals surface area contributed by atoms with Crippen molar-refractivity contribution >= 4 is 0 Å². The molecule has 0 saturated heterocycles. The van der Waals surface area contributed by atoms with Crippen LogP contribution >= 0.6 is 0 Å². The van der Waals surface area contributed by atoms with Crippen molar-refractivity contribution < 1.29 is 33.1 Å². The van der Waals surface area contributed by atoms with Gasteiger partial charge in [0.05, 0.1) is 6.61 Å². The van der Waals surface area contributed by atoms with Crippen LogP contribution in [-0.4, -0.2) is 28.2 Å². The summed E-state index contributed by atoms with van der Waals surface area (Å²) >= 11 is 0. The summed E-state index contributed by atoms with van der Waals surface area (Å²) in [5.74, 6) is 0. The van der Waals surface area contributed by atoms with E-state index in [1.165, 1.54) is 0 Å². The van der Waals surface area contributed by atoms with Gasteiger partial charge in [0.15, 0.2) is 0 Å². The Hall–Kier alpha value is 0.359. The summed E-state index contributed by atoms with van der Waals surface area (Å²) in [7, 11) is 0. The molecular weight excluding hydrogens is 174 g/mol. The van der Waals surface area contributed by atoms with Gasteiger partial charge >= 0.3 is 17.1 Å². The van der Waals surface area contributed by atoms with Crippen molar-refractivity contribution in [2.75, 3.05) is 6.61 Å². The van der Waals surface area contributed by atoms with Gasteiger partial charge in [-0.15, -0.1) is 0 Å². The van der Waals surface area contributed by atoms with Crippen molar-refractivity contribution in [3.8, 4) is 0 Å². The molecule has 0 aromatic rings. The Kier molecular flexibility index (Phi) is 21.1. The SMILES string of the molecule is CC(C)(N)CO.[Cu+2].[OH-].[OH-]. The Morgan fingerprint density at radius 1 is 1.33 bits per heavy atom. The molecule has 0 atom stereocenters. The van der Waals surface area contributed by atoms with Crippen LogP contribution in [0, 0.1) is 0 Å². The molecule has 0 aromatic heterocycles. The molecule has 63 valence electrons. The molecule has 0 rings (SSSR count). The summed E-state index contributed by atoms with van der Waals surface area (Å²) in [5.41, 5.74) is 4.88. The van der Waals surface area contributed by atoms with E-state index >= 15 is 0 Å². The van der Waals surface area contributed by atoms with Crippen LogP contribution in [0.5, 0.6) is 0 Å². The Balaban J connectivity index is -0.0000000417. The number of aliphatic hydroxyl groups excluding tert-OH is 1. The van der Waals surface area contributed by atoms with Gasteiger partial charge in [0, 0.05) is 5.54 Å². The van der Waals surface area contributed by atoms with Gasteiger partial charge in [-0.2, -0.15) is 0 Å². The number of hydrogen-bond acceptors (Lipinski definition) is 4. The molecule has 0 heterocycles. The maximum Gasteiger partial charge on any atom is 2.00 e. The van der Waals surface area contributed by atoms with Crippen LogP contribution in [0.15, 0.2) is 0 Å². The molecule has 0 aliphatic heterocycles. The first-order chi connectivity index (χ1) is 2.56. The molecule has 0 aliphatic rings. The van der Waals surface area contributed by atoms with Gasteiger partial charge in [-0.1, -0.05) is 0 Å². The summed E-state index contributed by atoms with van der Waals surface area (Å²) in [6, 6.07) is 0. The van der Waals surface area contributed by atoms with E-state index in [9.17, 15) is 0 Å². The molecule has 0 bridgehead atoms. The molecule has 5 N–H and O–H groups in total. The predicted molar refractivity (Wildman–Crippen MR) is 29.2 cm³/mol. The average Bonchev–Trinajstić information content (AvgIpc) is 1.35. The number of aliphatic hydroxyl groups is 1. The van der Waals surface area contributed by atoms with Crippen molar-refractivity contribution in [3.63, 3.8) is 0 Å². The van der Waals surface area contributed by atoms with E-state index in [0.29, 0.717) is 0 Å². The van der Waals surface area contributed by atoms with Gasteiger partial charge in [-0.05, 0) is 13.8 Å². The normalized spacial score (nSPS) is 8.00.